The van der Waals surface area contributed by atoms with Crippen LogP contribution >= 0.6 is 0 Å². The predicted molar refractivity (Wildman–Crippen MR) is 86.0 cm³/mol. The van der Waals surface area contributed by atoms with Crippen LogP contribution in [0.1, 0.15) is 32.2 Å². The summed E-state index contributed by atoms with van der Waals surface area (Å²) in [7, 11) is 0. The number of aliphatic hydroxyl groups is 1. The molecule has 9 nitrogen and oxygen atoms in total. The number of aliphatic hydroxyl groups excluding tert-OH is 1. The van der Waals surface area contributed by atoms with Gasteiger partial charge in [0, 0.05) is 24.4 Å². The number of hydrogen-bond donors (Lipinski definition) is 3. The van der Waals surface area contributed by atoms with Crippen LogP contribution in [-0.4, -0.2) is 47.2 Å². The highest BCUT2D eigenvalue weighted by Crippen LogP contribution is 2.15. The molecule has 0 aliphatic rings. The molecule has 3 N–H and O–H groups in total. The fraction of sp³-hybridized carbons (Fsp3) is 0.0625. The number of halogens is 1. The van der Waals surface area contributed by atoms with Crippen molar-refractivity contribution in [3.63, 3.8) is 0 Å². The second-order valence-electron chi connectivity index (χ2n) is 5.30. The lowest BCUT2D eigenvalue weighted by atomic mass is 10.2. The van der Waals surface area contributed by atoms with Gasteiger partial charge in [0.05, 0.1) is 0 Å². The van der Waals surface area contributed by atoms with Gasteiger partial charge in [-0.3, -0.25) is 4.79 Å². The summed E-state index contributed by atoms with van der Waals surface area (Å²) in [5.41, 5.74) is 0.596. The highest BCUT2D eigenvalue weighted by Gasteiger charge is 2.17. The van der Waals surface area contributed by atoms with Gasteiger partial charge in [-0.2, -0.15) is 5.21 Å². The number of carboxylic acids is 1. The molecule has 2 aromatic heterocycles. The van der Waals surface area contributed by atoms with Crippen molar-refractivity contribution in [2.45, 2.75) is 6.54 Å². The van der Waals surface area contributed by atoms with Gasteiger partial charge in [-0.25, -0.2) is 9.18 Å². The van der Waals surface area contributed by atoms with Gasteiger partial charge in [0.15, 0.2) is 11.5 Å². The first-order chi connectivity index (χ1) is 12.4. The van der Waals surface area contributed by atoms with E-state index in [2.05, 4.69) is 20.6 Å². The van der Waals surface area contributed by atoms with E-state index in [1.165, 1.54) is 41.1 Å². The van der Waals surface area contributed by atoms with Gasteiger partial charge in [-0.05, 0) is 29.0 Å². The first-order valence-electron chi connectivity index (χ1n) is 7.31. The number of H-pyrrole nitrogens is 1. The summed E-state index contributed by atoms with van der Waals surface area (Å²) in [5, 5.41) is 31.6. The van der Waals surface area contributed by atoms with Crippen LogP contribution in [0.25, 0.3) is 5.76 Å². The van der Waals surface area contributed by atoms with Crippen LogP contribution in [0, 0.1) is 5.82 Å². The molecule has 0 unspecified atom stereocenters. The number of hydrogen-bond acceptors (Lipinski definition) is 6. The van der Waals surface area contributed by atoms with Crippen LogP contribution < -0.4 is 0 Å². The number of nitrogens with one attached hydrogen (secondary N) is 1. The van der Waals surface area contributed by atoms with Crippen molar-refractivity contribution in [2.24, 2.45) is 0 Å². The van der Waals surface area contributed by atoms with Crippen molar-refractivity contribution < 1.29 is 24.2 Å². The van der Waals surface area contributed by atoms with E-state index in [0.717, 1.165) is 6.08 Å². The number of aromatic nitrogens is 5. The molecule has 3 aromatic rings. The summed E-state index contributed by atoms with van der Waals surface area (Å²) in [5.74, 6) is -2.93. The molecule has 0 atom stereocenters. The Bertz CT molecular complexity index is 977. The Balaban J connectivity index is 1.89. The van der Waals surface area contributed by atoms with E-state index in [9.17, 15) is 24.2 Å². The Labute approximate surface area is 145 Å². The standard InChI is InChI=1S/C16H12FN5O4/c17-11-3-1-9(2-4-11)7-22-8-10(5-12(22)16(25)26)13(23)6-14(24)15-18-20-21-19-15/h1-6,8,24H,7H2,(H,25,26)(H,18,19,20,21). The number of allylic oxidation sites excluding steroid dienone is 1. The van der Waals surface area contributed by atoms with Gasteiger partial charge in [-0.1, -0.05) is 12.1 Å². The molecule has 0 spiro atoms. The summed E-state index contributed by atoms with van der Waals surface area (Å²) in [6.07, 6.45) is 2.21. The van der Waals surface area contributed by atoms with Crippen molar-refractivity contribution in [2.75, 3.05) is 0 Å². The molecular formula is C16H12FN5O4. The van der Waals surface area contributed by atoms with Crippen molar-refractivity contribution in [3.05, 3.63) is 71.1 Å². The van der Waals surface area contributed by atoms with E-state index in [-0.39, 0.29) is 23.6 Å². The fourth-order valence-electron chi connectivity index (χ4n) is 2.28. The minimum absolute atomic E-state index is 0.0551. The number of tetrazole rings is 1. The number of rotatable bonds is 6. The number of nitrogens with zero attached hydrogens (tertiary/aromatic N) is 4. The minimum Gasteiger partial charge on any atom is -0.504 e. The maximum Gasteiger partial charge on any atom is 0.352 e. The number of benzene rings is 1. The second kappa shape index (κ2) is 6.97. The first-order valence-corrected chi connectivity index (χ1v) is 7.31. The summed E-state index contributed by atoms with van der Waals surface area (Å²) in [4.78, 5) is 23.7. The third-order valence-electron chi connectivity index (χ3n) is 3.51. The molecule has 0 saturated heterocycles. The maximum atomic E-state index is 13.0. The number of ketones is 1. The Hall–Kier alpha value is -3.82. The van der Waals surface area contributed by atoms with Gasteiger partial charge < -0.3 is 14.8 Å². The largest absolute Gasteiger partial charge is 0.504 e. The first kappa shape index (κ1) is 17.0. The number of carbonyl (C=O) groups is 2. The van der Waals surface area contributed by atoms with Crippen LogP contribution in [0.15, 0.2) is 42.6 Å². The number of aromatic amines is 1. The van der Waals surface area contributed by atoms with Gasteiger partial charge >= 0.3 is 5.97 Å². The van der Waals surface area contributed by atoms with Gasteiger partial charge in [0.2, 0.25) is 5.82 Å². The third-order valence-corrected chi connectivity index (χ3v) is 3.51. The Kier molecular flexibility index (Phi) is 4.56. The predicted octanol–water partition coefficient (Wildman–Crippen LogP) is 1.67. The average molecular weight is 357 g/mol. The molecule has 0 aliphatic carbocycles. The summed E-state index contributed by atoms with van der Waals surface area (Å²) in [6, 6.07) is 6.75. The number of aromatic carboxylic acids is 1. The summed E-state index contributed by atoms with van der Waals surface area (Å²) < 4.78 is 14.3. The lowest BCUT2D eigenvalue weighted by Gasteiger charge is -2.06. The molecule has 1 aromatic carbocycles. The van der Waals surface area contributed by atoms with Crippen LogP contribution in [0.2, 0.25) is 0 Å². The Morgan fingerprint density at radius 3 is 2.58 bits per heavy atom. The zero-order chi connectivity index (χ0) is 18.7. The quantitative estimate of drug-likeness (QED) is 0.347. The van der Waals surface area contributed by atoms with Crippen molar-refractivity contribution in [3.8, 4) is 0 Å². The van der Waals surface area contributed by atoms with Crippen LogP contribution in [0.5, 0.6) is 0 Å². The molecule has 0 aliphatic heterocycles. The molecule has 26 heavy (non-hydrogen) atoms. The van der Waals surface area contributed by atoms with E-state index >= 15 is 0 Å². The van der Waals surface area contributed by atoms with Crippen LogP contribution in [0.3, 0.4) is 0 Å². The maximum absolute atomic E-state index is 13.0. The van der Waals surface area contributed by atoms with E-state index in [1.807, 2.05) is 0 Å². The van der Waals surface area contributed by atoms with E-state index in [4.69, 9.17) is 0 Å². The molecular weight excluding hydrogens is 345 g/mol. The zero-order valence-electron chi connectivity index (χ0n) is 13.1. The topological polar surface area (TPSA) is 134 Å². The monoisotopic (exact) mass is 357 g/mol. The van der Waals surface area contributed by atoms with Crippen molar-refractivity contribution >= 4 is 17.5 Å². The molecule has 3 rings (SSSR count). The third kappa shape index (κ3) is 3.64. The molecule has 2 heterocycles. The fourth-order valence-corrected chi connectivity index (χ4v) is 2.28. The highest BCUT2D eigenvalue weighted by molar-refractivity contribution is 6.08. The molecule has 132 valence electrons. The molecule has 0 bridgehead atoms. The van der Waals surface area contributed by atoms with Gasteiger partial charge in [-0.15, -0.1) is 10.2 Å². The van der Waals surface area contributed by atoms with Crippen molar-refractivity contribution in [1.82, 2.24) is 25.2 Å². The molecule has 0 radical (unpaired) electrons. The van der Waals surface area contributed by atoms with Crippen molar-refractivity contribution in [1.29, 1.82) is 0 Å². The second-order valence-corrected chi connectivity index (χ2v) is 5.30. The van der Waals surface area contributed by atoms with E-state index in [0.29, 0.717) is 5.56 Å². The number of carboxylic acid groups (broad SMARTS) is 1. The van der Waals surface area contributed by atoms with Gasteiger partial charge in [0.1, 0.15) is 11.5 Å². The smallest absolute Gasteiger partial charge is 0.352 e. The molecule has 0 fully saturated rings. The van der Waals surface area contributed by atoms with Crippen LogP contribution in [-0.2, 0) is 6.54 Å². The SMILES string of the molecule is O=C(C=C(O)c1nn[nH]n1)c1cc(C(=O)O)n(Cc2ccc(F)cc2)c1. The minimum atomic E-state index is -1.22. The normalized spacial score (nSPS) is 11.5. The molecule has 0 saturated carbocycles. The highest BCUT2D eigenvalue weighted by atomic mass is 19.1. The average Bonchev–Trinajstić information content (AvgIpc) is 3.26. The lowest BCUT2D eigenvalue weighted by Crippen LogP contribution is -2.08. The van der Waals surface area contributed by atoms with E-state index in [1.54, 1.807) is 0 Å². The van der Waals surface area contributed by atoms with Gasteiger partial charge in [0.25, 0.3) is 0 Å². The summed E-state index contributed by atoms with van der Waals surface area (Å²) in [6.45, 7) is 0.135. The van der Waals surface area contributed by atoms with E-state index < -0.39 is 23.3 Å². The summed E-state index contributed by atoms with van der Waals surface area (Å²) >= 11 is 0. The van der Waals surface area contributed by atoms with Crippen LogP contribution in [0.4, 0.5) is 4.39 Å². The molecule has 0 amide bonds. The Morgan fingerprint density at radius 2 is 1.96 bits per heavy atom. The molecule has 10 heteroatoms. The zero-order valence-corrected chi connectivity index (χ0v) is 13.1. The lowest BCUT2D eigenvalue weighted by molar-refractivity contribution is 0.0685. The Morgan fingerprint density at radius 1 is 1.23 bits per heavy atom. The number of carbonyl (C=O) groups excluding carboxylic acids is 1.